The fourth-order valence-electron chi connectivity index (χ4n) is 2.28. The number of hydrogen-bond donors (Lipinski definition) is 2. The van der Waals surface area contributed by atoms with Crippen molar-refractivity contribution in [1.82, 2.24) is 0 Å². The molecular weight excluding hydrogens is 282 g/mol. The first-order chi connectivity index (χ1) is 10.5. The van der Waals surface area contributed by atoms with Gasteiger partial charge in [0, 0.05) is 17.1 Å². The van der Waals surface area contributed by atoms with Crippen LogP contribution in [0.5, 0.6) is 0 Å². The Morgan fingerprint density at radius 3 is 2.55 bits per heavy atom. The Kier molecular flexibility index (Phi) is 3.39. The van der Waals surface area contributed by atoms with Gasteiger partial charge in [-0.2, -0.15) is 0 Å². The highest BCUT2D eigenvalue weighted by Gasteiger charge is 2.08. The predicted molar refractivity (Wildman–Crippen MR) is 83.9 cm³/mol. The molecule has 0 spiro atoms. The maximum Gasteiger partial charge on any atom is 0.338 e. The first kappa shape index (κ1) is 13.9. The number of rotatable bonds is 3. The van der Waals surface area contributed by atoms with Crippen molar-refractivity contribution in [2.45, 2.75) is 6.92 Å². The first-order valence-electron chi connectivity index (χ1n) is 6.68. The first-order valence-corrected chi connectivity index (χ1v) is 6.68. The van der Waals surface area contributed by atoms with Crippen LogP contribution in [0.4, 0.5) is 11.4 Å². The number of benzene rings is 2. The summed E-state index contributed by atoms with van der Waals surface area (Å²) in [6, 6.07) is 13.3. The molecule has 5 nitrogen and oxygen atoms in total. The minimum absolute atomic E-state index is 0.207. The number of aromatic carboxylic acids is 1. The van der Waals surface area contributed by atoms with E-state index in [0.29, 0.717) is 17.0 Å². The number of aryl methyl sites for hydroxylation is 1. The molecule has 0 saturated heterocycles. The molecule has 5 heteroatoms. The van der Waals surface area contributed by atoms with Gasteiger partial charge in [-0.1, -0.05) is 12.1 Å². The number of para-hydroxylation sites is 1. The van der Waals surface area contributed by atoms with Gasteiger partial charge in [0.25, 0.3) is 0 Å². The third-order valence-corrected chi connectivity index (χ3v) is 3.38. The average molecular weight is 295 g/mol. The van der Waals surface area contributed by atoms with Crippen molar-refractivity contribution in [1.29, 1.82) is 0 Å². The van der Waals surface area contributed by atoms with Crippen LogP contribution in [-0.4, -0.2) is 11.1 Å². The van der Waals surface area contributed by atoms with Gasteiger partial charge in [0.2, 0.25) is 0 Å². The molecule has 22 heavy (non-hydrogen) atoms. The van der Waals surface area contributed by atoms with E-state index in [1.165, 1.54) is 18.2 Å². The Morgan fingerprint density at radius 2 is 1.86 bits per heavy atom. The summed E-state index contributed by atoms with van der Waals surface area (Å²) in [6.07, 6.45) is 0. The van der Waals surface area contributed by atoms with E-state index in [4.69, 9.17) is 9.52 Å². The number of carboxylic acids is 1. The van der Waals surface area contributed by atoms with Crippen molar-refractivity contribution in [3.05, 3.63) is 70.1 Å². The van der Waals surface area contributed by atoms with Crippen LogP contribution >= 0.6 is 0 Å². The van der Waals surface area contributed by atoms with Gasteiger partial charge in [-0.25, -0.2) is 9.59 Å². The molecule has 0 radical (unpaired) electrons. The Bertz CT molecular complexity index is 910. The number of hydrogen-bond acceptors (Lipinski definition) is 4. The van der Waals surface area contributed by atoms with Crippen molar-refractivity contribution in [3.63, 3.8) is 0 Å². The van der Waals surface area contributed by atoms with Crippen molar-refractivity contribution >= 4 is 28.3 Å². The smallest absolute Gasteiger partial charge is 0.338 e. The molecule has 0 aliphatic rings. The van der Waals surface area contributed by atoms with E-state index >= 15 is 0 Å². The van der Waals surface area contributed by atoms with E-state index in [2.05, 4.69) is 5.32 Å². The Labute approximate surface area is 125 Å². The van der Waals surface area contributed by atoms with Crippen molar-refractivity contribution in [2.75, 3.05) is 5.32 Å². The Balaban J connectivity index is 2.05. The van der Waals surface area contributed by atoms with Crippen LogP contribution in [0.3, 0.4) is 0 Å². The lowest BCUT2D eigenvalue weighted by molar-refractivity contribution is 0.0697. The number of nitrogens with one attached hydrogen (secondary N) is 1. The van der Waals surface area contributed by atoms with Gasteiger partial charge in [0.15, 0.2) is 0 Å². The summed E-state index contributed by atoms with van der Waals surface area (Å²) in [4.78, 5) is 22.6. The van der Waals surface area contributed by atoms with E-state index in [-0.39, 0.29) is 5.56 Å². The van der Waals surface area contributed by atoms with E-state index in [0.717, 1.165) is 10.9 Å². The molecule has 0 saturated carbocycles. The van der Waals surface area contributed by atoms with Crippen molar-refractivity contribution in [3.8, 4) is 0 Å². The summed E-state index contributed by atoms with van der Waals surface area (Å²) in [7, 11) is 0. The largest absolute Gasteiger partial charge is 0.478 e. The zero-order chi connectivity index (χ0) is 15.7. The zero-order valence-corrected chi connectivity index (χ0v) is 11.8. The summed E-state index contributed by atoms with van der Waals surface area (Å²) in [5.74, 6) is -0.979. The SMILES string of the molecule is Cc1cccc2c(Nc3ccc(C(=O)O)cc3)cc(=O)oc12. The van der Waals surface area contributed by atoms with Crippen LogP contribution in [0.1, 0.15) is 15.9 Å². The molecule has 0 amide bonds. The number of carboxylic acid groups (broad SMARTS) is 1. The lowest BCUT2D eigenvalue weighted by atomic mass is 10.1. The van der Waals surface area contributed by atoms with Gasteiger partial charge in [-0.15, -0.1) is 0 Å². The summed E-state index contributed by atoms with van der Waals surface area (Å²) in [5.41, 5.74) is 2.50. The molecule has 110 valence electrons. The lowest BCUT2D eigenvalue weighted by Gasteiger charge is -2.10. The minimum Gasteiger partial charge on any atom is -0.478 e. The summed E-state index contributed by atoms with van der Waals surface area (Å²) >= 11 is 0. The average Bonchev–Trinajstić information content (AvgIpc) is 2.49. The minimum atomic E-state index is -0.979. The highest BCUT2D eigenvalue weighted by atomic mass is 16.4. The van der Waals surface area contributed by atoms with Crippen LogP contribution in [-0.2, 0) is 0 Å². The topological polar surface area (TPSA) is 79.5 Å². The number of anilines is 2. The molecule has 0 unspecified atom stereocenters. The molecule has 0 aliphatic carbocycles. The predicted octanol–water partition coefficient (Wildman–Crippen LogP) is 3.54. The van der Waals surface area contributed by atoms with Crippen LogP contribution < -0.4 is 10.9 Å². The molecule has 0 aliphatic heterocycles. The normalized spacial score (nSPS) is 10.6. The van der Waals surface area contributed by atoms with Gasteiger partial charge in [-0.3, -0.25) is 0 Å². The van der Waals surface area contributed by atoms with Crippen LogP contribution in [0, 0.1) is 6.92 Å². The second kappa shape index (κ2) is 5.37. The standard InChI is InChI=1S/C17H13NO4/c1-10-3-2-4-13-14(9-15(19)22-16(10)13)18-12-7-5-11(6-8-12)17(20)21/h2-9,18H,1H3,(H,20,21). The number of fused-ring (bicyclic) bond motifs is 1. The van der Waals surface area contributed by atoms with Gasteiger partial charge in [0.05, 0.1) is 11.3 Å². The zero-order valence-electron chi connectivity index (χ0n) is 11.8. The quantitative estimate of drug-likeness (QED) is 0.722. The molecule has 1 heterocycles. The molecule has 1 aromatic heterocycles. The van der Waals surface area contributed by atoms with E-state index in [1.54, 1.807) is 12.1 Å². The molecular formula is C17H13NO4. The van der Waals surface area contributed by atoms with E-state index in [9.17, 15) is 9.59 Å². The van der Waals surface area contributed by atoms with Crippen molar-refractivity contribution < 1.29 is 14.3 Å². The monoisotopic (exact) mass is 295 g/mol. The molecule has 3 aromatic rings. The van der Waals surface area contributed by atoms with Crippen LogP contribution in [0.25, 0.3) is 11.0 Å². The van der Waals surface area contributed by atoms with E-state index in [1.807, 2.05) is 25.1 Å². The third kappa shape index (κ3) is 2.56. The fraction of sp³-hybridized carbons (Fsp3) is 0.0588. The highest BCUT2D eigenvalue weighted by molar-refractivity contribution is 5.93. The maximum atomic E-state index is 11.7. The van der Waals surface area contributed by atoms with Gasteiger partial charge in [-0.05, 0) is 42.8 Å². The van der Waals surface area contributed by atoms with Gasteiger partial charge >= 0.3 is 11.6 Å². The molecule has 2 aromatic carbocycles. The number of carbonyl (C=O) groups is 1. The molecule has 0 bridgehead atoms. The fourth-order valence-corrected chi connectivity index (χ4v) is 2.28. The van der Waals surface area contributed by atoms with Gasteiger partial charge < -0.3 is 14.8 Å². The van der Waals surface area contributed by atoms with E-state index < -0.39 is 11.6 Å². The summed E-state index contributed by atoms with van der Waals surface area (Å²) in [5, 5.41) is 12.8. The molecule has 2 N–H and O–H groups in total. The summed E-state index contributed by atoms with van der Waals surface area (Å²) in [6.45, 7) is 1.87. The van der Waals surface area contributed by atoms with Crippen LogP contribution in [0.15, 0.2) is 57.7 Å². The van der Waals surface area contributed by atoms with Gasteiger partial charge in [0.1, 0.15) is 5.58 Å². The molecule has 0 fully saturated rings. The Morgan fingerprint density at radius 1 is 1.14 bits per heavy atom. The summed E-state index contributed by atoms with van der Waals surface area (Å²) < 4.78 is 5.25. The lowest BCUT2D eigenvalue weighted by Crippen LogP contribution is -2.02. The maximum absolute atomic E-state index is 11.7. The Hall–Kier alpha value is -3.08. The second-order valence-electron chi connectivity index (χ2n) is 4.94. The third-order valence-electron chi connectivity index (χ3n) is 3.38. The van der Waals surface area contributed by atoms with Crippen molar-refractivity contribution in [2.24, 2.45) is 0 Å². The highest BCUT2D eigenvalue weighted by Crippen LogP contribution is 2.26. The molecule has 0 atom stereocenters. The van der Waals surface area contributed by atoms with Crippen LogP contribution in [0.2, 0.25) is 0 Å². The molecule has 3 rings (SSSR count). The second-order valence-corrected chi connectivity index (χ2v) is 4.94.